The van der Waals surface area contributed by atoms with Crippen molar-refractivity contribution in [1.82, 2.24) is 14.9 Å². The van der Waals surface area contributed by atoms with E-state index >= 15 is 4.39 Å². The van der Waals surface area contributed by atoms with Crippen LogP contribution in [0.25, 0.3) is 20.9 Å². The Labute approximate surface area is 219 Å². The number of nitrogens with zero attached hydrogens (tertiary/aromatic N) is 3. The lowest BCUT2D eigenvalue weighted by atomic mass is 9.92. The van der Waals surface area contributed by atoms with Gasteiger partial charge in [-0.1, -0.05) is 54.7 Å². The summed E-state index contributed by atoms with van der Waals surface area (Å²) in [5.41, 5.74) is 4.47. The first kappa shape index (κ1) is 24.8. The summed E-state index contributed by atoms with van der Waals surface area (Å²) in [5, 5.41) is 9.79. The van der Waals surface area contributed by atoms with Gasteiger partial charge in [0.1, 0.15) is 21.2 Å². The van der Waals surface area contributed by atoms with Crippen molar-refractivity contribution in [2.75, 3.05) is 13.1 Å². The molecule has 1 atom stereocenters. The molecular formula is C28H27ClFN3O2S. The summed E-state index contributed by atoms with van der Waals surface area (Å²) in [5.74, 6) is -1.40. The summed E-state index contributed by atoms with van der Waals surface area (Å²) in [7, 11) is 0. The maximum absolute atomic E-state index is 15.3. The number of hydrogen-bond acceptors (Lipinski definition) is 5. The number of hydrogen-bond donors (Lipinski definition) is 1. The van der Waals surface area contributed by atoms with Gasteiger partial charge in [-0.05, 0) is 54.7 Å². The molecule has 1 N–H and O–H groups in total. The van der Waals surface area contributed by atoms with Crippen molar-refractivity contribution < 1.29 is 14.3 Å². The summed E-state index contributed by atoms with van der Waals surface area (Å²) in [4.78, 5) is 23.7. The van der Waals surface area contributed by atoms with Crippen LogP contribution in [0.15, 0.2) is 60.7 Å². The summed E-state index contributed by atoms with van der Waals surface area (Å²) < 4.78 is 15.3. The first-order valence-corrected chi connectivity index (χ1v) is 12.9. The first-order chi connectivity index (χ1) is 17.0. The Hall–Kier alpha value is -2.87. The maximum atomic E-state index is 15.3. The number of aliphatic carboxylic acids is 1. The molecule has 6 rings (SSSR count). The van der Waals surface area contributed by atoms with Crippen LogP contribution in [-0.4, -0.2) is 39.0 Å². The Bertz CT molecular complexity index is 1420. The topological polar surface area (TPSA) is 66.3 Å². The van der Waals surface area contributed by atoms with Crippen molar-refractivity contribution >= 4 is 40.1 Å². The van der Waals surface area contributed by atoms with Crippen LogP contribution in [0.3, 0.4) is 0 Å². The number of benzene rings is 2. The van der Waals surface area contributed by atoms with Crippen molar-refractivity contribution in [3.05, 3.63) is 83.3 Å². The molecule has 4 aromatic rings. The number of carboxylic acids is 1. The Kier molecular flexibility index (Phi) is 6.57. The van der Waals surface area contributed by atoms with Crippen LogP contribution >= 0.6 is 23.7 Å². The molecule has 36 heavy (non-hydrogen) atoms. The fraction of sp³-hybridized carbons (Fsp3) is 0.321. The highest BCUT2D eigenvalue weighted by atomic mass is 35.5. The number of halogens is 2. The number of fused-ring (bicyclic) bond motifs is 1. The van der Waals surface area contributed by atoms with Gasteiger partial charge in [0.2, 0.25) is 0 Å². The summed E-state index contributed by atoms with van der Waals surface area (Å²) in [6.07, 6.45) is 2.96. The number of thiazole rings is 1. The van der Waals surface area contributed by atoms with Crippen LogP contribution in [0, 0.1) is 11.7 Å². The molecule has 3 heterocycles. The van der Waals surface area contributed by atoms with Gasteiger partial charge >= 0.3 is 5.97 Å². The third-order valence-corrected chi connectivity index (χ3v) is 8.52. The molecule has 2 fully saturated rings. The van der Waals surface area contributed by atoms with E-state index in [4.69, 9.17) is 10.1 Å². The van der Waals surface area contributed by atoms with Crippen molar-refractivity contribution in [1.29, 1.82) is 0 Å². The van der Waals surface area contributed by atoms with Crippen LogP contribution in [0.1, 0.15) is 49.0 Å². The minimum absolute atomic E-state index is 0. The number of pyridine rings is 1. The average molecular weight is 524 g/mol. The van der Waals surface area contributed by atoms with E-state index in [9.17, 15) is 4.79 Å². The zero-order chi connectivity index (χ0) is 24.2. The Morgan fingerprint density at radius 3 is 2.53 bits per heavy atom. The van der Waals surface area contributed by atoms with Crippen LogP contribution in [0.4, 0.5) is 4.39 Å². The zero-order valence-electron chi connectivity index (χ0n) is 19.9. The second kappa shape index (κ2) is 9.54. The van der Waals surface area contributed by atoms with E-state index in [-0.39, 0.29) is 35.6 Å². The molecule has 1 saturated carbocycles. The molecule has 2 aliphatic rings. The molecule has 0 radical (unpaired) electrons. The standard InChI is InChI=1S/C28H26FN3O2S.ClH/c1-2-23(32-15-18(16-32)27(33)34)17-8-9-20(21(29)14-17)25-30-22-10-11-24(31-26(22)35-25)28(12-13-28)19-6-4-3-5-7-19;/h3-11,14,18,23H,2,12-13,15-16H2,1H3,(H,33,34);1H/t23-;/m0./s1. The average Bonchev–Trinajstić information content (AvgIpc) is 3.54. The first-order valence-electron chi connectivity index (χ1n) is 12.1. The molecule has 0 spiro atoms. The van der Waals surface area contributed by atoms with Gasteiger partial charge in [0.15, 0.2) is 0 Å². The second-order valence-electron chi connectivity index (χ2n) is 9.64. The van der Waals surface area contributed by atoms with E-state index in [0.29, 0.717) is 23.7 Å². The number of carbonyl (C=O) groups is 1. The SMILES string of the molecule is CC[C@@H](c1ccc(-c2nc3ccc(C4(c5ccccc5)CC4)nc3s2)c(F)c1)N1CC(C(=O)O)C1.Cl. The van der Waals surface area contributed by atoms with Gasteiger partial charge in [-0.15, -0.1) is 12.4 Å². The quantitative estimate of drug-likeness (QED) is 0.301. The molecule has 0 unspecified atom stereocenters. The number of aromatic nitrogens is 2. The molecule has 8 heteroatoms. The molecule has 1 aliphatic heterocycles. The predicted molar refractivity (Wildman–Crippen MR) is 142 cm³/mol. The van der Waals surface area contributed by atoms with Crippen molar-refractivity contribution in [2.24, 2.45) is 5.92 Å². The van der Waals surface area contributed by atoms with Gasteiger partial charge in [0, 0.05) is 30.1 Å². The monoisotopic (exact) mass is 523 g/mol. The third-order valence-electron chi connectivity index (χ3n) is 7.52. The number of carboxylic acid groups (broad SMARTS) is 1. The summed E-state index contributed by atoms with van der Waals surface area (Å²) in [6.45, 7) is 3.06. The predicted octanol–water partition coefficient (Wildman–Crippen LogP) is 6.47. The molecule has 2 aromatic heterocycles. The highest BCUT2D eigenvalue weighted by molar-refractivity contribution is 7.21. The molecule has 2 aromatic carbocycles. The maximum Gasteiger partial charge on any atom is 0.309 e. The fourth-order valence-corrected chi connectivity index (χ4v) is 6.28. The zero-order valence-corrected chi connectivity index (χ0v) is 21.5. The number of likely N-dealkylation sites (tertiary alicyclic amines) is 1. The van der Waals surface area contributed by atoms with Gasteiger partial charge < -0.3 is 5.11 Å². The van der Waals surface area contributed by atoms with Crippen LogP contribution in [0.2, 0.25) is 0 Å². The van der Waals surface area contributed by atoms with Crippen LogP contribution < -0.4 is 0 Å². The second-order valence-corrected chi connectivity index (χ2v) is 10.6. The van der Waals surface area contributed by atoms with Crippen molar-refractivity contribution in [2.45, 2.75) is 37.6 Å². The lowest BCUT2D eigenvalue weighted by Crippen LogP contribution is -2.51. The Morgan fingerprint density at radius 2 is 1.89 bits per heavy atom. The molecule has 5 nitrogen and oxygen atoms in total. The number of rotatable bonds is 7. The lowest BCUT2D eigenvalue weighted by molar-refractivity contribution is -0.148. The molecule has 0 amide bonds. The minimum atomic E-state index is -0.762. The van der Waals surface area contributed by atoms with E-state index in [1.54, 1.807) is 12.1 Å². The Balaban J connectivity index is 0.00000267. The third kappa shape index (κ3) is 4.19. The van der Waals surface area contributed by atoms with Crippen molar-refractivity contribution in [3.8, 4) is 10.6 Å². The van der Waals surface area contributed by atoms with E-state index in [1.165, 1.54) is 16.9 Å². The van der Waals surface area contributed by atoms with Gasteiger partial charge in [-0.25, -0.2) is 14.4 Å². The summed E-state index contributed by atoms with van der Waals surface area (Å²) in [6, 6.07) is 19.9. The van der Waals surface area contributed by atoms with Crippen molar-refractivity contribution in [3.63, 3.8) is 0 Å². The smallest absolute Gasteiger partial charge is 0.309 e. The largest absolute Gasteiger partial charge is 0.481 e. The normalized spacial score (nSPS) is 17.8. The molecule has 186 valence electrons. The molecule has 0 bridgehead atoms. The Morgan fingerprint density at radius 1 is 1.14 bits per heavy atom. The van der Waals surface area contributed by atoms with Crippen LogP contribution in [0.5, 0.6) is 0 Å². The van der Waals surface area contributed by atoms with E-state index < -0.39 is 5.97 Å². The highest BCUT2D eigenvalue weighted by Gasteiger charge is 2.47. The van der Waals surface area contributed by atoms with Gasteiger partial charge in [0.25, 0.3) is 0 Å². The fourth-order valence-electron chi connectivity index (χ4n) is 5.31. The molecular weight excluding hydrogens is 497 g/mol. The van der Waals surface area contributed by atoms with E-state index in [1.807, 2.05) is 25.1 Å². The lowest BCUT2D eigenvalue weighted by Gasteiger charge is -2.42. The summed E-state index contributed by atoms with van der Waals surface area (Å²) >= 11 is 1.43. The molecule has 1 aliphatic carbocycles. The van der Waals surface area contributed by atoms with Crippen LogP contribution in [-0.2, 0) is 10.2 Å². The highest BCUT2D eigenvalue weighted by Crippen LogP contribution is 2.53. The van der Waals surface area contributed by atoms with Gasteiger partial charge in [-0.2, -0.15) is 0 Å². The minimum Gasteiger partial charge on any atom is -0.481 e. The van der Waals surface area contributed by atoms with Gasteiger partial charge in [-0.3, -0.25) is 9.69 Å². The molecule has 1 saturated heterocycles. The van der Waals surface area contributed by atoms with E-state index in [2.05, 4.69) is 40.2 Å². The van der Waals surface area contributed by atoms with Gasteiger partial charge in [0.05, 0.1) is 11.6 Å². The van der Waals surface area contributed by atoms with E-state index in [0.717, 1.165) is 40.9 Å².